The maximum absolute atomic E-state index is 10.7. The number of nitrogens with two attached hydrogens (primary N) is 1. The van der Waals surface area contributed by atoms with Crippen molar-refractivity contribution in [3.63, 3.8) is 0 Å². The number of aryl methyl sites for hydroxylation is 1. The highest BCUT2D eigenvalue weighted by Crippen LogP contribution is 2.08. The molecule has 0 atom stereocenters. The minimum Gasteiger partial charge on any atom is -0.322 e. The molecule has 0 unspecified atom stereocenters. The summed E-state index contributed by atoms with van der Waals surface area (Å²) in [6, 6.07) is 0. The van der Waals surface area contributed by atoms with Gasteiger partial charge >= 0.3 is 0 Å². The Morgan fingerprint density at radius 3 is 3.00 bits per heavy atom. The zero-order chi connectivity index (χ0) is 8.27. The molecule has 0 bridgehead atoms. The first-order valence-electron chi connectivity index (χ1n) is 3.02. The van der Waals surface area contributed by atoms with Gasteiger partial charge in [0, 0.05) is 11.5 Å². The Balaban J connectivity index is 2.57. The Hall–Kier alpha value is -1.01. The first-order chi connectivity index (χ1) is 5.22. The molecule has 0 saturated heterocycles. The second-order valence-electron chi connectivity index (χ2n) is 1.90. The van der Waals surface area contributed by atoms with E-state index < -0.39 is 0 Å². The van der Waals surface area contributed by atoms with E-state index >= 15 is 0 Å². The molecule has 60 valence electrons. The van der Waals surface area contributed by atoms with Crippen molar-refractivity contribution < 1.29 is 4.79 Å². The summed E-state index contributed by atoms with van der Waals surface area (Å²) in [5, 5.41) is 2.99. The molecule has 0 spiro atoms. The normalized spacial score (nSPS) is 9.64. The first kappa shape index (κ1) is 8.09. The number of carbonyl (C=O) groups is 1. The molecule has 5 nitrogen and oxygen atoms in total. The molecule has 0 aliphatic heterocycles. The van der Waals surface area contributed by atoms with Gasteiger partial charge in [0.05, 0.1) is 6.54 Å². The number of nitrogens with one attached hydrogen (secondary N) is 1. The lowest BCUT2D eigenvalue weighted by Gasteiger charge is -1.94. The third-order valence-corrected chi connectivity index (χ3v) is 1.68. The number of nitrogens with zero attached hydrogens (tertiary/aromatic N) is 2. The van der Waals surface area contributed by atoms with Crippen LogP contribution in [0, 0.1) is 6.92 Å². The lowest BCUT2D eigenvalue weighted by molar-refractivity contribution is -0.114. The Labute approximate surface area is 67.8 Å². The fourth-order valence-corrected chi connectivity index (χ4v) is 1.11. The summed E-state index contributed by atoms with van der Waals surface area (Å²) < 4.78 is 3.88. The van der Waals surface area contributed by atoms with Gasteiger partial charge in [-0.2, -0.15) is 4.37 Å². The lowest BCUT2D eigenvalue weighted by atomic mass is 10.6. The van der Waals surface area contributed by atoms with Crippen LogP contribution in [0.4, 0.5) is 5.13 Å². The number of hydrogen-bond donors (Lipinski definition) is 2. The van der Waals surface area contributed by atoms with Crippen LogP contribution in [0.25, 0.3) is 0 Å². The van der Waals surface area contributed by atoms with E-state index in [4.69, 9.17) is 5.73 Å². The van der Waals surface area contributed by atoms with Gasteiger partial charge in [0.25, 0.3) is 0 Å². The third-order valence-electron chi connectivity index (χ3n) is 0.959. The number of hydrogen-bond acceptors (Lipinski definition) is 5. The molecule has 1 amide bonds. The molecular formula is C5H8N4OS. The van der Waals surface area contributed by atoms with Crippen molar-refractivity contribution in [1.29, 1.82) is 0 Å². The minimum absolute atomic E-state index is 0.0291. The Bertz CT molecular complexity index is 259. The molecule has 0 aromatic carbocycles. The maximum Gasteiger partial charge on any atom is 0.239 e. The molecule has 1 heterocycles. The van der Waals surface area contributed by atoms with Crippen molar-refractivity contribution in [2.45, 2.75) is 6.92 Å². The zero-order valence-corrected chi connectivity index (χ0v) is 6.81. The summed E-state index contributed by atoms with van der Waals surface area (Å²) in [6.07, 6.45) is 0. The summed E-state index contributed by atoms with van der Waals surface area (Å²) in [4.78, 5) is 14.6. The van der Waals surface area contributed by atoms with Crippen molar-refractivity contribution in [3.8, 4) is 0 Å². The van der Waals surface area contributed by atoms with Crippen LogP contribution in [0.3, 0.4) is 0 Å². The quantitative estimate of drug-likeness (QED) is 0.644. The van der Waals surface area contributed by atoms with E-state index in [1.165, 1.54) is 0 Å². The number of anilines is 1. The van der Waals surface area contributed by atoms with Crippen molar-refractivity contribution in [2.75, 3.05) is 11.9 Å². The van der Waals surface area contributed by atoms with Crippen molar-refractivity contribution in [1.82, 2.24) is 9.36 Å². The molecule has 3 N–H and O–H groups in total. The Morgan fingerprint density at radius 1 is 1.82 bits per heavy atom. The van der Waals surface area contributed by atoms with Crippen LogP contribution in [-0.2, 0) is 4.79 Å². The number of rotatable bonds is 2. The molecule has 0 aliphatic rings. The molecular weight excluding hydrogens is 164 g/mol. The minimum atomic E-state index is -0.249. The Morgan fingerprint density at radius 2 is 2.55 bits per heavy atom. The monoisotopic (exact) mass is 172 g/mol. The second kappa shape index (κ2) is 3.40. The molecule has 6 heteroatoms. The van der Waals surface area contributed by atoms with Gasteiger partial charge in [-0.15, -0.1) is 0 Å². The van der Waals surface area contributed by atoms with E-state index in [0.717, 1.165) is 11.5 Å². The van der Waals surface area contributed by atoms with Gasteiger partial charge in [-0.3, -0.25) is 10.1 Å². The van der Waals surface area contributed by atoms with Gasteiger partial charge in [-0.05, 0) is 6.92 Å². The average molecular weight is 172 g/mol. The summed E-state index contributed by atoms with van der Waals surface area (Å²) in [7, 11) is 0. The van der Waals surface area contributed by atoms with Crippen molar-refractivity contribution in [2.24, 2.45) is 5.73 Å². The van der Waals surface area contributed by atoms with E-state index in [-0.39, 0.29) is 12.5 Å². The summed E-state index contributed by atoms with van der Waals surface area (Å²) in [5.41, 5.74) is 5.07. The second-order valence-corrected chi connectivity index (χ2v) is 2.65. The van der Waals surface area contributed by atoms with Gasteiger partial charge in [-0.1, -0.05) is 0 Å². The SMILES string of the molecule is Cc1nsc(NC(=O)CN)n1. The van der Waals surface area contributed by atoms with E-state index in [0.29, 0.717) is 11.0 Å². The third kappa shape index (κ3) is 2.24. The van der Waals surface area contributed by atoms with Crippen LogP contribution in [0.1, 0.15) is 5.82 Å². The number of carbonyl (C=O) groups excluding carboxylic acids is 1. The fourth-order valence-electron chi connectivity index (χ4n) is 0.518. The van der Waals surface area contributed by atoms with Gasteiger partial charge in [0.15, 0.2) is 0 Å². The van der Waals surface area contributed by atoms with Crippen LogP contribution in [0.5, 0.6) is 0 Å². The van der Waals surface area contributed by atoms with Crippen LogP contribution in [-0.4, -0.2) is 21.8 Å². The standard InChI is InChI=1S/C5H8N4OS/c1-3-7-5(11-9-3)8-4(10)2-6/h2,6H2,1H3,(H,7,8,9,10). The summed E-state index contributed by atoms with van der Waals surface area (Å²) in [6.45, 7) is 1.73. The van der Waals surface area contributed by atoms with Gasteiger partial charge in [-0.25, -0.2) is 4.98 Å². The van der Waals surface area contributed by atoms with E-state index in [9.17, 15) is 4.79 Å². The molecule has 11 heavy (non-hydrogen) atoms. The van der Waals surface area contributed by atoms with Gasteiger partial charge < -0.3 is 5.73 Å². The number of amides is 1. The number of aromatic nitrogens is 2. The average Bonchev–Trinajstić information content (AvgIpc) is 2.35. The van der Waals surface area contributed by atoms with Crippen molar-refractivity contribution in [3.05, 3.63) is 5.82 Å². The summed E-state index contributed by atoms with van der Waals surface area (Å²) in [5.74, 6) is 0.406. The molecule has 0 saturated carbocycles. The van der Waals surface area contributed by atoms with Crippen LogP contribution >= 0.6 is 11.5 Å². The molecule has 0 fully saturated rings. The van der Waals surface area contributed by atoms with E-state index in [1.54, 1.807) is 6.92 Å². The zero-order valence-electron chi connectivity index (χ0n) is 6.00. The molecule has 1 aromatic rings. The summed E-state index contributed by atoms with van der Waals surface area (Å²) >= 11 is 1.14. The van der Waals surface area contributed by atoms with Crippen LogP contribution in [0.2, 0.25) is 0 Å². The predicted molar refractivity (Wildman–Crippen MR) is 42.3 cm³/mol. The van der Waals surface area contributed by atoms with Gasteiger partial charge in [0.2, 0.25) is 11.0 Å². The van der Waals surface area contributed by atoms with Crippen LogP contribution in [0.15, 0.2) is 0 Å². The lowest BCUT2D eigenvalue weighted by Crippen LogP contribution is -2.21. The fraction of sp³-hybridized carbons (Fsp3) is 0.400. The van der Waals surface area contributed by atoms with E-state index in [2.05, 4.69) is 14.7 Å². The topological polar surface area (TPSA) is 80.9 Å². The van der Waals surface area contributed by atoms with E-state index in [1.807, 2.05) is 0 Å². The molecule has 0 aliphatic carbocycles. The molecule has 1 rings (SSSR count). The highest BCUT2D eigenvalue weighted by molar-refractivity contribution is 7.09. The highest BCUT2D eigenvalue weighted by Gasteiger charge is 2.02. The van der Waals surface area contributed by atoms with Gasteiger partial charge in [0.1, 0.15) is 5.82 Å². The van der Waals surface area contributed by atoms with Crippen molar-refractivity contribution >= 4 is 22.6 Å². The largest absolute Gasteiger partial charge is 0.322 e. The smallest absolute Gasteiger partial charge is 0.239 e. The van der Waals surface area contributed by atoms with Crippen LogP contribution < -0.4 is 11.1 Å². The molecule has 1 aromatic heterocycles. The maximum atomic E-state index is 10.7. The first-order valence-corrected chi connectivity index (χ1v) is 3.80. The molecule has 0 radical (unpaired) electrons. The Kier molecular flexibility index (Phi) is 2.50. The predicted octanol–water partition coefficient (Wildman–Crippen LogP) is -0.256. The highest BCUT2D eigenvalue weighted by atomic mass is 32.1.